The lowest BCUT2D eigenvalue weighted by Gasteiger charge is -2.12. The van der Waals surface area contributed by atoms with Crippen molar-refractivity contribution in [3.63, 3.8) is 0 Å². The number of rotatable bonds is 4. The van der Waals surface area contributed by atoms with Gasteiger partial charge < -0.3 is 10.2 Å². The second-order valence-corrected chi connectivity index (χ2v) is 8.70. The van der Waals surface area contributed by atoms with Crippen molar-refractivity contribution in [3.8, 4) is 0 Å². The van der Waals surface area contributed by atoms with E-state index in [-0.39, 0.29) is 17.9 Å². The molecule has 4 nitrogen and oxygen atoms in total. The SMILES string of the molecule is C.CCSC(=O)N1CCCC1.CCSC(=O)NC.ICCCI. The number of hydrogen-bond acceptors (Lipinski definition) is 4. The van der Waals surface area contributed by atoms with E-state index in [0.717, 1.165) is 24.6 Å². The molecule has 0 saturated carbocycles. The fourth-order valence-corrected chi connectivity index (χ4v) is 4.61. The van der Waals surface area contributed by atoms with Crippen LogP contribution in [-0.2, 0) is 0 Å². The van der Waals surface area contributed by atoms with Gasteiger partial charge in [0.1, 0.15) is 0 Å². The first kappa shape index (κ1) is 28.9. The van der Waals surface area contributed by atoms with Gasteiger partial charge in [0, 0.05) is 29.0 Å². The van der Waals surface area contributed by atoms with Gasteiger partial charge in [0.25, 0.3) is 10.5 Å². The smallest absolute Gasteiger partial charge is 0.281 e. The van der Waals surface area contributed by atoms with Crippen LogP contribution in [-0.4, -0.2) is 55.9 Å². The Hall–Kier alpha value is 1.10. The number of thioether (sulfide) groups is 2. The summed E-state index contributed by atoms with van der Waals surface area (Å²) in [5.41, 5.74) is 0. The highest BCUT2D eigenvalue weighted by Crippen LogP contribution is 2.14. The monoisotopic (exact) mass is 590 g/mol. The molecule has 0 radical (unpaired) electrons. The normalized spacial score (nSPS) is 12.1. The Morgan fingerprint density at radius 2 is 1.52 bits per heavy atom. The molecule has 2 amide bonds. The van der Waals surface area contributed by atoms with Gasteiger partial charge in [-0.25, -0.2) is 0 Å². The summed E-state index contributed by atoms with van der Waals surface area (Å²) in [6, 6.07) is 0. The van der Waals surface area contributed by atoms with Gasteiger partial charge in [-0.15, -0.1) is 0 Å². The van der Waals surface area contributed by atoms with Crippen LogP contribution in [0.25, 0.3) is 0 Å². The molecule has 0 atom stereocenters. The van der Waals surface area contributed by atoms with Crippen molar-refractivity contribution in [1.29, 1.82) is 0 Å². The molecule has 23 heavy (non-hydrogen) atoms. The lowest BCUT2D eigenvalue weighted by atomic mass is 10.4. The summed E-state index contributed by atoms with van der Waals surface area (Å²) < 4.78 is 2.61. The molecule has 0 aromatic rings. The van der Waals surface area contributed by atoms with Gasteiger partial charge in [0.15, 0.2) is 0 Å². The van der Waals surface area contributed by atoms with Crippen LogP contribution in [0.1, 0.15) is 40.5 Å². The largest absolute Gasteiger partial charge is 0.350 e. The number of alkyl halides is 2. The number of hydrogen-bond donors (Lipinski definition) is 1. The molecule has 1 aliphatic heterocycles. The van der Waals surface area contributed by atoms with Crippen LogP contribution < -0.4 is 5.32 Å². The summed E-state index contributed by atoms with van der Waals surface area (Å²) in [6.45, 7) is 5.91. The topological polar surface area (TPSA) is 49.4 Å². The molecule has 1 heterocycles. The third kappa shape index (κ3) is 21.1. The Morgan fingerprint density at radius 3 is 1.78 bits per heavy atom. The molecular weight excluding hydrogens is 558 g/mol. The highest BCUT2D eigenvalue weighted by atomic mass is 127. The van der Waals surface area contributed by atoms with E-state index < -0.39 is 0 Å². The maximum atomic E-state index is 11.1. The summed E-state index contributed by atoms with van der Waals surface area (Å²) in [5, 5.41) is 2.80. The van der Waals surface area contributed by atoms with E-state index in [1.807, 2.05) is 18.7 Å². The van der Waals surface area contributed by atoms with Gasteiger partial charge in [-0.2, -0.15) is 0 Å². The van der Waals surface area contributed by atoms with Crippen LogP contribution >= 0.6 is 68.7 Å². The first-order valence-electron chi connectivity index (χ1n) is 7.45. The predicted molar refractivity (Wildman–Crippen MR) is 126 cm³/mol. The van der Waals surface area contributed by atoms with E-state index >= 15 is 0 Å². The van der Waals surface area contributed by atoms with Crippen molar-refractivity contribution in [2.24, 2.45) is 0 Å². The first-order valence-corrected chi connectivity index (χ1v) is 12.5. The van der Waals surface area contributed by atoms with Gasteiger partial charge >= 0.3 is 0 Å². The predicted octanol–water partition coefficient (Wildman–Crippen LogP) is 5.92. The van der Waals surface area contributed by atoms with Gasteiger partial charge in [0.05, 0.1) is 0 Å². The molecule has 0 aromatic heterocycles. The quantitative estimate of drug-likeness (QED) is 0.327. The molecule has 0 spiro atoms. The second-order valence-electron chi connectivity index (χ2n) is 4.10. The summed E-state index contributed by atoms with van der Waals surface area (Å²) >= 11 is 7.46. The van der Waals surface area contributed by atoms with Gasteiger partial charge in [-0.3, -0.25) is 9.59 Å². The Morgan fingerprint density at radius 1 is 1.04 bits per heavy atom. The number of carbonyl (C=O) groups excluding carboxylic acids is 2. The second kappa shape index (κ2) is 23.1. The van der Waals surface area contributed by atoms with Crippen LogP contribution in [0.3, 0.4) is 0 Å². The highest BCUT2D eigenvalue weighted by Gasteiger charge is 2.16. The first-order chi connectivity index (χ1) is 10.6. The van der Waals surface area contributed by atoms with Crippen molar-refractivity contribution in [2.45, 2.75) is 40.5 Å². The maximum Gasteiger partial charge on any atom is 0.281 e. The molecule has 140 valence electrons. The highest BCUT2D eigenvalue weighted by molar-refractivity contribution is 14.1. The fourth-order valence-electron chi connectivity index (χ4n) is 1.37. The van der Waals surface area contributed by atoms with Gasteiger partial charge in [0.2, 0.25) is 0 Å². The van der Waals surface area contributed by atoms with Crippen LogP contribution in [0.4, 0.5) is 9.59 Å². The Labute approximate surface area is 178 Å². The molecular formula is C15H32I2N2O2S2. The number of carbonyl (C=O) groups is 2. The van der Waals surface area contributed by atoms with E-state index in [1.165, 1.54) is 51.6 Å². The molecule has 1 aliphatic rings. The van der Waals surface area contributed by atoms with Crippen molar-refractivity contribution >= 4 is 79.2 Å². The lowest BCUT2D eigenvalue weighted by Crippen LogP contribution is -2.23. The summed E-state index contributed by atoms with van der Waals surface area (Å²) in [6.07, 6.45) is 3.74. The van der Waals surface area contributed by atoms with Crippen molar-refractivity contribution in [3.05, 3.63) is 0 Å². The zero-order valence-corrected chi connectivity index (χ0v) is 19.6. The van der Waals surface area contributed by atoms with Crippen molar-refractivity contribution in [2.75, 3.05) is 40.5 Å². The molecule has 0 unspecified atom stereocenters. The number of halogens is 2. The Bertz CT molecular complexity index is 278. The third-order valence-electron chi connectivity index (χ3n) is 2.38. The van der Waals surface area contributed by atoms with E-state index in [9.17, 15) is 9.59 Å². The maximum absolute atomic E-state index is 11.1. The molecule has 1 N–H and O–H groups in total. The van der Waals surface area contributed by atoms with Crippen LogP contribution in [0, 0.1) is 0 Å². The number of nitrogens with one attached hydrogen (secondary N) is 1. The molecule has 1 rings (SSSR count). The van der Waals surface area contributed by atoms with Crippen molar-refractivity contribution < 1.29 is 9.59 Å². The van der Waals surface area contributed by atoms with Crippen LogP contribution in [0.15, 0.2) is 0 Å². The third-order valence-corrected chi connectivity index (χ3v) is 5.45. The number of nitrogens with zero attached hydrogens (tertiary/aromatic N) is 1. The molecule has 0 bridgehead atoms. The molecule has 8 heteroatoms. The zero-order chi connectivity index (χ0) is 17.2. The zero-order valence-electron chi connectivity index (χ0n) is 13.7. The van der Waals surface area contributed by atoms with E-state index in [1.54, 1.807) is 7.05 Å². The standard InChI is InChI=1S/C7H13NOS.C4H9NOS.C3H6I2.CH4/c1-2-10-7(9)8-5-3-4-6-8;1-3-7-4(6)5-2;4-2-1-3-5;/h2-6H2,1H3;3H2,1-2H3,(H,5,6);1-3H2;1H4. The molecule has 1 saturated heterocycles. The van der Waals surface area contributed by atoms with Gasteiger partial charge in [-0.05, 0) is 30.8 Å². The summed E-state index contributed by atoms with van der Waals surface area (Å²) in [7, 11) is 1.63. The summed E-state index contributed by atoms with van der Waals surface area (Å²) in [5.74, 6) is 1.75. The summed E-state index contributed by atoms with van der Waals surface area (Å²) in [4.78, 5) is 23.3. The van der Waals surface area contributed by atoms with E-state index in [0.29, 0.717) is 0 Å². The van der Waals surface area contributed by atoms with Crippen LogP contribution in [0.5, 0.6) is 0 Å². The van der Waals surface area contributed by atoms with Crippen molar-refractivity contribution in [1.82, 2.24) is 10.2 Å². The number of amides is 2. The minimum absolute atomic E-state index is 0. The van der Waals surface area contributed by atoms with Crippen LogP contribution in [0.2, 0.25) is 0 Å². The van der Waals surface area contributed by atoms with Gasteiger partial charge in [-0.1, -0.05) is 90.0 Å². The minimum Gasteiger partial charge on any atom is -0.350 e. The molecule has 0 aliphatic carbocycles. The lowest BCUT2D eigenvalue weighted by molar-refractivity contribution is 0.233. The Balaban J connectivity index is -0.000000273. The minimum atomic E-state index is 0. The molecule has 1 fully saturated rings. The average molecular weight is 590 g/mol. The van der Waals surface area contributed by atoms with E-state index in [4.69, 9.17) is 0 Å². The average Bonchev–Trinajstić information content (AvgIpc) is 3.04. The Kier molecular flexibility index (Phi) is 29.0. The fraction of sp³-hybridized carbons (Fsp3) is 0.867. The molecule has 0 aromatic carbocycles. The van der Waals surface area contributed by atoms with E-state index in [2.05, 4.69) is 50.5 Å². The number of likely N-dealkylation sites (tertiary alicyclic amines) is 1.